The molecule has 0 spiro atoms. The summed E-state index contributed by atoms with van der Waals surface area (Å²) in [6.07, 6.45) is 0.898. The van der Waals surface area contributed by atoms with Gasteiger partial charge in [-0.1, -0.05) is 27.4 Å². The molecular weight excluding hydrogens is 115 g/mol. The Bertz CT molecular complexity index is 94.7. The number of halogens is 1. The molecule has 0 N–H and O–H groups in total. The van der Waals surface area contributed by atoms with Gasteiger partial charge in [-0.05, 0) is 12.3 Å². The minimum Gasteiger partial charge on any atom is -0.212 e. The smallest absolute Gasteiger partial charge is 0.0956 e. The van der Waals surface area contributed by atoms with Crippen LogP contribution in [-0.2, 0) is 0 Å². The van der Waals surface area contributed by atoms with Crippen molar-refractivity contribution >= 4 is 0 Å². The lowest BCUT2D eigenvalue weighted by Gasteiger charge is -2.09. The normalized spacial score (nSPS) is 13.9. The molecular formula is C8H15F. The summed E-state index contributed by atoms with van der Waals surface area (Å²) in [5, 5.41) is 0. The molecule has 54 valence electrons. The van der Waals surface area contributed by atoms with E-state index in [1.807, 2.05) is 6.92 Å². The number of hydrogen-bond acceptors (Lipinski definition) is 0. The Morgan fingerprint density at radius 2 is 1.89 bits per heavy atom. The van der Waals surface area contributed by atoms with Crippen molar-refractivity contribution in [3.05, 3.63) is 12.4 Å². The average Bonchev–Trinajstić information content (AvgIpc) is 1.63. The van der Waals surface area contributed by atoms with Crippen LogP contribution in [-0.4, -0.2) is 0 Å². The molecule has 0 heterocycles. The van der Waals surface area contributed by atoms with Crippen molar-refractivity contribution in [2.45, 2.75) is 27.2 Å². The predicted octanol–water partition coefficient (Wildman–Crippen LogP) is 3.15. The van der Waals surface area contributed by atoms with Gasteiger partial charge in [0.05, 0.1) is 5.83 Å². The maximum Gasteiger partial charge on any atom is 0.0956 e. The molecule has 0 aliphatic heterocycles. The van der Waals surface area contributed by atoms with E-state index in [1.54, 1.807) is 0 Å². The Labute approximate surface area is 56.8 Å². The summed E-state index contributed by atoms with van der Waals surface area (Å²) in [6.45, 7) is 9.27. The molecule has 0 aromatic rings. The average molecular weight is 130 g/mol. The second-order valence-corrected chi connectivity index (χ2v) is 2.98. The standard InChI is InChI=1S/C8H15F/c1-6(2)5-7(3)8(4)9/h6-7H,4-5H2,1-3H3/t7-/m1/s1. The van der Waals surface area contributed by atoms with Crippen molar-refractivity contribution in [2.75, 3.05) is 0 Å². The van der Waals surface area contributed by atoms with Crippen molar-refractivity contribution < 1.29 is 4.39 Å². The summed E-state index contributed by atoms with van der Waals surface area (Å²) < 4.78 is 12.3. The van der Waals surface area contributed by atoms with Crippen molar-refractivity contribution in [2.24, 2.45) is 11.8 Å². The molecule has 0 radical (unpaired) electrons. The van der Waals surface area contributed by atoms with Gasteiger partial charge in [-0.2, -0.15) is 0 Å². The molecule has 1 heteroatoms. The van der Waals surface area contributed by atoms with E-state index in [1.165, 1.54) is 0 Å². The first-order valence-electron chi connectivity index (χ1n) is 3.38. The number of hydrogen-bond donors (Lipinski definition) is 0. The lowest BCUT2D eigenvalue weighted by molar-refractivity contribution is 0.415. The van der Waals surface area contributed by atoms with E-state index in [9.17, 15) is 4.39 Å². The summed E-state index contributed by atoms with van der Waals surface area (Å²) in [7, 11) is 0. The minimum absolute atomic E-state index is 0.0324. The Balaban J connectivity index is 3.50. The van der Waals surface area contributed by atoms with Crippen LogP contribution in [0.1, 0.15) is 27.2 Å². The highest BCUT2D eigenvalue weighted by Crippen LogP contribution is 2.18. The van der Waals surface area contributed by atoms with Gasteiger partial charge in [0, 0.05) is 5.92 Å². The van der Waals surface area contributed by atoms with Crippen molar-refractivity contribution in [3.8, 4) is 0 Å². The molecule has 9 heavy (non-hydrogen) atoms. The fourth-order valence-electron chi connectivity index (χ4n) is 0.835. The molecule has 0 saturated heterocycles. The van der Waals surface area contributed by atoms with Gasteiger partial charge in [0.1, 0.15) is 0 Å². The Morgan fingerprint density at radius 3 is 2.00 bits per heavy atom. The monoisotopic (exact) mass is 130 g/mol. The van der Waals surface area contributed by atoms with Crippen LogP contribution >= 0.6 is 0 Å². The van der Waals surface area contributed by atoms with Crippen LogP contribution < -0.4 is 0 Å². The third kappa shape index (κ3) is 4.19. The van der Waals surface area contributed by atoms with Crippen LogP contribution in [0, 0.1) is 11.8 Å². The van der Waals surface area contributed by atoms with Gasteiger partial charge >= 0.3 is 0 Å². The molecule has 0 fully saturated rings. The summed E-state index contributed by atoms with van der Waals surface area (Å²) in [5.41, 5.74) is 0. The largest absolute Gasteiger partial charge is 0.212 e. The summed E-state index contributed by atoms with van der Waals surface area (Å²) in [6, 6.07) is 0. The molecule has 0 aromatic heterocycles. The molecule has 1 atom stereocenters. The van der Waals surface area contributed by atoms with E-state index in [2.05, 4.69) is 20.4 Å². The van der Waals surface area contributed by atoms with E-state index in [-0.39, 0.29) is 11.7 Å². The van der Waals surface area contributed by atoms with Gasteiger partial charge < -0.3 is 0 Å². The van der Waals surface area contributed by atoms with Gasteiger partial charge in [-0.25, -0.2) is 4.39 Å². The molecule has 0 unspecified atom stereocenters. The number of rotatable bonds is 3. The molecule has 0 saturated carbocycles. The van der Waals surface area contributed by atoms with Crippen LogP contribution in [0.5, 0.6) is 0 Å². The van der Waals surface area contributed by atoms with Gasteiger partial charge in [0.2, 0.25) is 0 Å². The second-order valence-electron chi connectivity index (χ2n) is 2.98. The van der Waals surface area contributed by atoms with Crippen molar-refractivity contribution in [1.29, 1.82) is 0 Å². The first-order valence-corrected chi connectivity index (χ1v) is 3.38. The van der Waals surface area contributed by atoms with Gasteiger partial charge in [0.25, 0.3) is 0 Å². The van der Waals surface area contributed by atoms with E-state index < -0.39 is 0 Å². The highest BCUT2D eigenvalue weighted by molar-refractivity contribution is 4.86. The second kappa shape index (κ2) is 3.65. The fraction of sp³-hybridized carbons (Fsp3) is 0.750. The minimum atomic E-state index is -0.191. The molecule has 0 rings (SSSR count). The highest BCUT2D eigenvalue weighted by Gasteiger charge is 2.06. The Kier molecular flexibility index (Phi) is 3.52. The summed E-state index contributed by atoms with van der Waals surface area (Å²) >= 11 is 0. The SMILES string of the molecule is C=C(F)[C@H](C)CC(C)C. The quantitative estimate of drug-likeness (QED) is 0.550. The topological polar surface area (TPSA) is 0 Å². The third-order valence-electron chi connectivity index (χ3n) is 1.36. The first-order chi connectivity index (χ1) is 4.04. The van der Waals surface area contributed by atoms with Gasteiger partial charge in [-0.15, -0.1) is 0 Å². The van der Waals surface area contributed by atoms with Crippen LogP contribution in [0.2, 0.25) is 0 Å². The molecule has 0 bridgehead atoms. The van der Waals surface area contributed by atoms with Gasteiger partial charge in [-0.3, -0.25) is 0 Å². The molecule has 0 amide bonds. The van der Waals surface area contributed by atoms with Crippen LogP contribution in [0.15, 0.2) is 12.4 Å². The van der Waals surface area contributed by atoms with E-state index >= 15 is 0 Å². The first kappa shape index (κ1) is 8.67. The zero-order valence-corrected chi connectivity index (χ0v) is 6.45. The molecule has 0 aliphatic carbocycles. The van der Waals surface area contributed by atoms with Gasteiger partial charge in [0.15, 0.2) is 0 Å². The zero-order chi connectivity index (χ0) is 7.44. The zero-order valence-electron chi connectivity index (χ0n) is 6.45. The predicted molar refractivity (Wildman–Crippen MR) is 38.9 cm³/mol. The molecule has 0 nitrogen and oxygen atoms in total. The summed E-state index contributed by atoms with van der Waals surface area (Å²) in [5.74, 6) is 0.404. The summed E-state index contributed by atoms with van der Waals surface area (Å²) in [4.78, 5) is 0. The van der Waals surface area contributed by atoms with E-state index in [0.29, 0.717) is 5.92 Å². The highest BCUT2D eigenvalue weighted by atomic mass is 19.1. The molecule has 0 aliphatic rings. The molecule has 0 aromatic carbocycles. The lowest BCUT2D eigenvalue weighted by atomic mass is 9.98. The fourth-order valence-corrected chi connectivity index (χ4v) is 0.835. The lowest BCUT2D eigenvalue weighted by Crippen LogP contribution is -1.99. The van der Waals surface area contributed by atoms with E-state index in [4.69, 9.17) is 0 Å². The van der Waals surface area contributed by atoms with Crippen molar-refractivity contribution in [3.63, 3.8) is 0 Å². The van der Waals surface area contributed by atoms with Crippen LogP contribution in [0.25, 0.3) is 0 Å². The number of allylic oxidation sites excluding steroid dienone is 1. The van der Waals surface area contributed by atoms with Crippen molar-refractivity contribution in [1.82, 2.24) is 0 Å². The van der Waals surface area contributed by atoms with Crippen LogP contribution in [0.4, 0.5) is 4.39 Å². The maximum atomic E-state index is 12.3. The Hall–Kier alpha value is -0.330. The Morgan fingerprint density at radius 1 is 1.44 bits per heavy atom. The van der Waals surface area contributed by atoms with E-state index in [0.717, 1.165) is 6.42 Å². The maximum absolute atomic E-state index is 12.3. The third-order valence-corrected chi connectivity index (χ3v) is 1.36. The van der Waals surface area contributed by atoms with Crippen LogP contribution in [0.3, 0.4) is 0 Å².